The minimum atomic E-state index is -1.09. The fourth-order valence-corrected chi connectivity index (χ4v) is 2.48. The summed E-state index contributed by atoms with van der Waals surface area (Å²) in [7, 11) is 1.07. The lowest BCUT2D eigenvalue weighted by atomic mass is 10.1. The van der Waals surface area contributed by atoms with Crippen LogP contribution in [-0.4, -0.2) is 34.0 Å². The van der Waals surface area contributed by atoms with Crippen molar-refractivity contribution in [1.82, 2.24) is 15.0 Å². The first kappa shape index (κ1) is 19.9. The second-order valence-electron chi connectivity index (χ2n) is 5.95. The predicted octanol–water partition coefficient (Wildman–Crippen LogP) is 3.04. The largest absolute Gasteiger partial charge is 0.465 e. The van der Waals surface area contributed by atoms with Crippen LogP contribution in [0.5, 0.6) is 0 Å². The van der Waals surface area contributed by atoms with Gasteiger partial charge in [-0.25, -0.2) is 18.3 Å². The number of hydrogen-bond acceptors (Lipinski definition) is 5. The number of carbonyl (C=O) groups excluding carboxylic acids is 2. The molecule has 0 fully saturated rings. The van der Waals surface area contributed by atoms with Crippen molar-refractivity contribution in [1.29, 1.82) is 0 Å². The molecule has 29 heavy (non-hydrogen) atoms. The third kappa shape index (κ3) is 5.10. The molecule has 2 aromatic carbocycles. The Morgan fingerprint density at radius 1 is 1.17 bits per heavy atom. The first-order valence-electron chi connectivity index (χ1n) is 8.46. The van der Waals surface area contributed by atoms with Crippen molar-refractivity contribution in [2.75, 3.05) is 12.4 Å². The van der Waals surface area contributed by atoms with Crippen LogP contribution in [0.1, 0.15) is 21.6 Å². The average molecular weight is 398 g/mol. The number of hydrogen-bond donors (Lipinski definition) is 1. The van der Waals surface area contributed by atoms with Crippen molar-refractivity contribution in [2.45, 2.75) is 6.54 Å². The molecule has 0 bridgehead atoms. The minimum Gasteiger partial charge on any atom is -0.465 e. The van der Waals surface area contributed by atoms with E-state index in [2.05, 4.69) is 20.4 Å². The van der Waals surface area contributed by atoms with Crippen molar-refractivity contribution in [3.8, 4) is 0 Å². The molecular weight excluding hydrogens is 382 g/mol. The highest BCUT2D eigenvalue weighted by molar-refractivity contribution is 6.02. The Labute approximate surface area is 164 Å². The molecular formula is C20H16F2N4O3. The molecule has 0 spiro atoms. The van der Waals surface area contributed by atoms with Crippen LogP contribution < -0.4 is 5.32 Å². The molecule has 0 unspecified atom stereocenters. The van der Waals surface area contributed by atoms with E-state index in [1.165, 1.54) is 6.08 Å². The predicted molar refractivity (Wildman–Crippen MR) is 101 cm³/mol. The first-order chi connectivity index (χ1) is 14.0. The smallest absolute Gasteiger partial charge is 0.340 e. The first-order valence-corrected chi connectivity index (χ1v) is 8.46. The number of methoxy groups -OCH3 is 1. The Morgan fingerprint density at radius 3 is 2.66 bits per heavy atom. The lowest BCUT2D eigenvalue weighted by molar-refractivity contribution is -0.111. The van der Waals surface area contributed by atoms with Crippen LogP contribution in [0, 0.1) is 11.6 Å². The highest BCUT2D eigenvalue weighted by Crippen LogP contribution is 2.20. The van der Waals surface area contributed by atoms with Gasteiger partial charge in [-0.2, -0.15) is 0 Å². The fourth-order valence-electron chi connectivity index (χ4n) is 2.48. The Morgan fingerprint density at radius 2 is 1.93 bits per heavy atom. The van der Waals surface area contributed by atoms with Gasteiger partial charge in [-0.15, -0.1) is 5.10 Å². The van der Waals surface area contributed by atoms with Gasteiger partial charge in [0.1, 0.15) is 17.3 Å². The third-order valence-corrected chi connectivity index (χ3v) is 3.87. The molecule has 0 atom stereocenters. The lowest BCUT2D eigenvalue weighted by Gasteiger charge is -2.07. The van der Waals surface area contributed by atoms with Gasteiger partial charge in [0.2, 0.25) is 5.91 Å². The zero-order valence-electron chi connectivity index (χ0n) is 15.3. The summed E-state index contributed by atoms with van der Waals surface area (Å²) in [6.07, 6.45) is 4.16. The van der Waals surface area contributed by atoms with Gasteiger partial charge in [0, 0.05) is 12.1 Å². The van der Waals surface area contributed by atoms with Crippen LogP contribution in [0.2, 0.25) is 0 Å². The number of halogens is 2. The van der Waals surface area contributed by atoms with Crippen LogP contribution in [0.15, 0.2) is 54.7 Å². The van der Waals surface area contributed by atoms with E-state index in [1.54, 1.807) is 10.9 Å². The molecule has 0 saturated heterocycles. The molecule has 1 amide bonds. The number of carbonyl (C=O) groups is 2. The summed E-state index contributed by atoms with van der Waals surface area (Å²) in [6, 6.07) is 11.0. The lowest BCUT2D eigenvalue weighted by Crippen LogP contribution is -2.12. The van der Waals surface area contributed by atoms with E-state index in [-0.39, 0.29) is 5.69 Å². The zero-order valence-corrected chi connectivity index (χ0v) is 15.3. The number of esters is 1. The number of amides is 1. The van der Waals surface area contributed by atoms with Gasteiger partial charge >= 0.3 is 5.97 Å². The van der Waals surface area contributed by atoms with Crippen LogP contribution in [0.3, 0.4) is 0 Å². The van der Waals surface area contributed by atoms with Gasteiger partial charge in [0.05, 0.1) is 31.1 Å². The topological polar surface area (TPSA) is 86.1 Å². The maximum atomic E-state index is 13.9. The highest BCUT2D eigenvalue weighted by Gasteiger charge is 2.17. The SMILES string of the molecule is COC(=O)c1cc(NC(=O)/C=C/c2cn(Cc3ccccc3)nn2)c(F)cc1F. The third-order valence-electron chi connectivity index (χ3n) is 3.87. The van der Waals surface area contributed by atoms with Gasteiger partial charge < -0.3 is 10.1 Å². The molecule has 9 heteroatoms. The van der Waals surface area contributed by atoms with Crippen LogP contribution >= 0.6 is 0 Å². The number of benzene rings is 2. The molecule has 7 nitrogen and oxygen atoms in total. The molecule has 3 aromatic rings. The minimum absolute atomic E-state index is 0.353. The van der Waals surface area contributed by atoms with Crippen LogP contribution in [0.25, 0.3) is 6.08 Å². The second-order valence-corrected chi connectivity index (χ2v) is 5.95. The maximum Gasteiger partial charge on any atom is 0.340 e. The second kappa shape index (κ2) is 8.87. The van der Waals surface area contributed by atoms with Gasteiger partial charge in [0.15, 0.2) is 0 Å². The zero-order chi connectivity index (χ0) is 20.8. The van der Waals surface area contributed by atoms with Crippen molar-refractivity contribution in [3.63, 3.8) is 0 Å². The van der Waals surface area contributed by atoms with Gasteiger partial charge in [-0.3, -0.25) is 4.79 Å². The van der Waals surface area contributed by atoms with E-state index in [0.29, 0.717) is 18.3 Å². The summed E-state index contributed by atoms with van der Waals surface area (Å²) in [6.45, 7) is 0.519. The van der Waals surface area contributed by atoms with Gasteiger partial charge in [0.25, 0.3) is 0 Å². The molecule has 0 saturated carbocycles. The number of rotatable bonds is 6. The number of ether oxygens (including phenoxy) is 1. The number of nitrogens with zero attached hydrogens (tertiary/aromatic N) is 3. The molecule has 1 N–H and O–H groups in total. The number of anilines is 1. The summed E-state index contributed by atoms with van der Waals surface area (Å²) in [5, 5.41) is 10.1. The summed E-state index contributed by atoms with van der Waals surface area (Å²) in [5.41, 5.74) is 0.621. The summed E-state index contributed by atoms with van der Waals surface area (Å²) in [5.74, 6) is -3.78. The quantitative estimate of drug-likeness (QED) is 0.510. The van der Waals surface area contributed by atoms with E-state index < -0.39 is 29.1 Å². The fraction of sp³-hybridized carbons (Fsp3) is 0.100. The van der Waals surface area contributed by atoms with Crippen molar-refractivity contribution < 1.29 is 23.1 Å². The maximum absolute atomic E-state index is 13.9. The molecule has 3 rings (SSSR count). The molecule has 0 radical (unpaired) electrons. The summed E-state index contributed by atoms with van der Waals surface area (Å²) < 4.78 is 33.6. The van der Waals surface area contributed by atoms with Crippen molar-refractivity contribution in [2.24, 2.45) is 0 Å². The molecule has 0 aliphatic heterocycles. The monoisotopic (exact) mass is 398 g/mol. The average Bonchev–Trinajstić information content (AvgIpc) is 3.16. The van der Waals surface area contributed by atoms with Crippen LogP contribution in [-0.2, 0) is 16.1 Å². The number of aromatic nitrogens is 3. The summed E-state index contributed by atoms with van der Waals surface area (Å²) in [4.78, 5) is 23.5. The molecule has 0 aliphatic carbocycles. The molecule has 1 heterocycles. The van der Waals surface area contributed by atoms with E-state index >= 15 is 0 Å². The summed E-state index contributed by atoms with van der Waals surface area (Å²) >= 11 is 0. The Kier molecular flexibility index (Phi) is 6.08. The Balaban J connectivity index is 1.67. The standard InChI is InChI=1S/C20H16F2N4O3/c1-29-20(28)15-9-18(17(22)10-16(15)21)23-19(27)8-7-14-12-26(25-24-14)11-13-5-3-2-4-6-13/h2-10,12H,11H2,1H3,(H,23,27)/b8-7+. The Bertz CT molecular complexity index is 1060. The van der Waals surface area contributed by atoms with Gasteiger partial charge in [-0.05, 0) is 17.7 Å². The van der Waals surface area contributed by atoms with Crippen molar-refractivity contribution in [3.05, 3.63) is 83.2 Å². The normalized spacial score (nSPS) is 10.9. The van der Waals surface area contributed by atoms with Crippen molar-refractivity contribution >= 4 is 23.6 Å². The van der Waals surface area contributed by atoms with E-state index in [9.17, 15) is 18.4 Å². The van der Waals surface area contributed by atoms with E-state index in [4.69, 9.17) is 0 Å². The highest BCUT2D eigenvalue weighted by atomic mass is 19.1. The van der Waals surface area contributed by atoms with E-state index in [0.717, 1.165) is 24.8 Å². The van der Waals surface area contributed by atoms with Crippen LogP contribution in [0.4, 0.5) is 14.5 Å². The number of nitrogens with one attached hydrogen (secondary N) is 1. The molecule has 1 aromatic heterocycles. The van der Waals surface area contributed by atoms with E-state index in [1.807, 2.05) is 30.3 Å². The Hall–Kier alpha value is -3.88. The molecule has 0 aliphatic rings. The molecule has 148 valence electrons. The van der Waals surface area contributed by atoms with Gasteiger partial charge in [-0.1, -0.05) is 35.5 Å².